The first-order valence-electron chi connectivity index (χ1n) is 10.7. The van der Waals surface area contributed by atoms with E-state index in [4.69, 9.17) is 4.74 Å². The number of fused-ring (bicyclic) bond motifs is 2. The van der Waals surface area contributed by atoms with Gasteiger partial charge in [-0.15, -0.1) is 0 Å². The van der Waals surface area contributed by atoms with Crippen molar-refractivity contribution in [3.05, 3.63) is 29.8 Å². The summed E-state index contributed by atoms with van der Waals surface area (Å²) < 4.78 is 5.25. The van der Waals surface area contributed by atoms with E-state index < -0.39 is 0 Å². The highest BCUT2D eigenvalue weighted by Crippen LogP contribution is 2.49. The molecule has 2 amide bonds. The summed E-state index contributed by atoms with van der Waals surface area (Å²) in [5.74, 6) is 3.04. The van der Waals surface area contributed by atoms with E-state index in [1.165, 1.54) is 25.7 Å². The number of piperidine rings is 1. The normalized spacial score (nSPS) is 33.0. The van der Waals surface area contributed by atoms with E-state index in [9.17, 15) is 9.59 Å². The van der Waals surface area contributed by atoms with E-state index in [1.54, 1.807) is 12.0 Å². The second-order valence-corrected chi connectivity index (χ2v) is 9.00. The van der Waals surface area contributed by atoms with Crippen molar-refractivity contribution >= 4 is 11.8 Å². The molecule has 1 heterocycles. The van der Waals surface area contributed by atoms with E-state index in [0.717, 1.165) is 23.1 Å². The minimum atomic E-state index is -0.223. The molecule has 5 heteroatoms. The van der Waals surface area contributed by atoms with Crippen LogP contribution in [-0.4, -0.2) is 36.9 Å². The van der Waals surface area contributed by atoms with Crippen molar-refractivity contribution in [3.8, 4) is 5.75 Å². The van der Waals surface area contributed by atoms with Crippen molar-refractivity contribution in [2.75, 3.05) is 14.2 Å². The second kappa shape index (κ2) is 7.76. The third-order valence-electron chi connectivity index (χ3n) is 7.46. The molecule has 1 aromatic carbocycles. The Morgan fingerprint density at radius 3 is 2.54 bits per heavy atom. The fourth-order valence-electron chi connectivity index (χ4n) is 5.91. The monoisotopic (exact) mass is 384 g/mol. The Balaban J connectivity index is 1.49. The summed E-state index contributed by atoms with van der Waals surface area (Å²) in [6.45, 7) is 2.17. The standard InChI is InChI=1S/C23H32N2O3/c1-14(20-13-15-4-5-17(20)12-15)24-23(27)19-10-11-21(26)25(2)22(19)16-6-8-18(28-3)9-7-16/h6-9,14-15,17,19-20,22H,4-5,10-13H2,1-3H3,(H,24,27). The third-order valence-corrected chi connectivity index (χ3v) is 7.46. The van der Waals surface area contributed by atoms with Crippen LogP contribution in [0.1, 0.15) is 57.1 Å². The summed E-state index contributed by atoms with van der Waals surface area (Å²) in [6, 6.07) is 7.72. The van der Waals surface area contributed by atoms with Crippen molar-refractivity contribution in [1.29, 1.82) is 0 Å². The lowest BCUT2D eigenvalue weighted by molar-refractivity contribution is -0.142. The van der Waals surface area contributed by atoms with Crippen LogP contribution in [0.5, 0.6) is 5.75 Å². The van der Waals surface area contributed by atoms with E-state index in [2.05, 4.69) is 12.2 Å². The Labute approximate surface area is 167 Å². The van der Waals surface area contributed by atoms with E-state index >= 15 is 0 Å². The number of amides is 2. The van der Waals surface area contributed by atoms with Crippen molar-refractivity contribution in [2.45, 2.75) is 57.5 Å². The maximum Gasteiger partial charge on any atom is 0.225 e. The lowest BCUT2D eigenvalue weighted by Gasteiger charge is -2.39. The lowest BCUT2D eigenvalue weighted by Crippen LogP contribution is -2.49. The Bertz CT molecular complexity index is 732. The van der Waals surface area contributed by atoms with Gasteiger partial charge in [-0.3, -0.25) is 9.59 Å². The summed E-state index contributed by atoms with van der Waals surface area (Å²) in [5, 5.41) is 3.33. The average Bonchev–Trinajstić information content (AvgIpc) is 3.33. The van der Waals surface area contributed by atoms with Crippen LogP contribution in [0, 0.1) is 23.7 Å². The zero-order valence-corrected chi connectivity index (χ0v) is 17.2. The second-order valence-electron chi connectivity index (χ2n) is 9.00. The number of hydrogen-bond donors (Lipinski definition) is 1. The molecule has 1 saturated heterocycles. The van der Waals surface area contributed by atoms with Crippen LogP contribution in [0.15, 0.2) is 24.3 Å². The molecule has 6 atom stereocenters. The highest BCUT2D eigenvalue weighted by Gasteiger charge is 2.44. The number of carbonyl (C=O) groups is 2. The van der Waals surface area contributed by atoms with Gasteiger partial charge in [-0.1, -0.05) is 18.6 Å². The lowest BCUT2D eigenvalue weighted by atomic mass is 9.81. The summed E-state index contributed by atoms with van der Waals surface area (Å²) in [4.78, 5) is 27.4. The molecule has 2 aliphatic carbocycles. The van der Waals surface area contributed by atoms with Crippen LogP contribution >= 0.6 is 0 Å². The Morgan fingerprint density at radius 2 is 1.93 bits per heavy atom. The highest BCUT2D eigenvalue weighted by molar-refractivity contribution is 5.85. The molecule has 152 valence electrons. The fourth-order valence-corrected chi connectivity index (χ4v) is 5.91. The van der Waals surface area contributed by atoms with E-state index in [0.29, 0.717) is 18.8 Å². The Hall–Kier alpha value is -2.04. The predicted octanol–water partition coefficient (Wildman–Crippen LogP) is 3.55. The van der Waals surface area contributed by atoms with Crippen LogP contribution in [0.2, 0.25) is 0 Å². The summed E-state index contributed by atoms with van der Waals surface area (Å²) in [6.07, 6.45) is 6.34. The smallest absolute Gasteiger partial charge is 0.225 e. The molecule has 1 aliphatic heterocycles. The zero-order chi connectivity index (χ0) is 19.8. The molecule has 3 aliphatic rings. The van der Waals surface area contributed by atoms with Gasteiger partial charge in [0.2, 0.25) is 11.8 Å². The first kappa shape index (κ1) is 19.3. The third kappa shape index (κ3) is 3.51. The van der Waals surface area contributed by atoms with Crippen molar-refractivity contribution in [2.24, 2.45) is 23.7 Å². The Morgan fingerprint density at radius 1 is 1.18 bits per heavy atom. The van der Waals surface area contributed by atoms with Crippen LogP contribution in [0.4, 0.5) is 0 Å². The molecule has 4 rings (SSSR count). The maximum absolute atomic E-state index is 13.3. The maximum atomic E-state index is 13.3. The highest BCUT2D eigenvalue weighted by atomic mass is 16.5. The molecule has 3 fully saturated rings. The summed E-state index contributed by atoms with van der Waals surface area (Å²) >= 11 is 0. The molecule has 1 N–H and O–H groups in total. The van der Waals surface area contributed by atoms with Crippen molar-refractivity contribution in [3.63, 3.8) is 0 Å². The molecule has 0 spiro atoms. The number of likely N-dealkylation sites (tertiary alicyclic amines) is 1. The summed E-state index contributed by atoms with van der Waals surface area (Å²) in [5.41, 5.74) is 0.990. The molecule has 28 heavy (non-hydrogen) atoms. The molecule has 2 saturated carbocycles. The quantitative estimate of drug-likeness (QED) is 0.845. The molecule has 2 bridgehead atoms. The molecule has 6 unspecified atom stereocenters. The van der Waals surface area contributed by atoms with Gasteiger partial charge in [0.1, 0.15) is 5.75 Å². The van der Waals surface area contributed by atoms with Gasteiger partial charge < -0.3 is 15.0 Å². The zero-order valence-electron chi connectivity index (χ0n) is 17.2. The van der Waals surface area contributed by atoms with Gasteiger partial charge in [0.25, 0.3) is 0 Å². The van der Waals surface area contributed by atoms with Crippen LogP contribution < -0.4 is 10.1 Å². The van der Waals surface area contributed by atoms with Crippen LogP contribution in [-0.2, 0) is 9.59 Å². The largest absolute Gasteiger partial charge is 0.497 e. The molecule has 5 nitrogen and oxygen atoms in total. The van der Waals surface area contributed by atoms with Gasteiger partial charge >= 0.3 is 0 Å². The van der Waals surface area contributed by atoms with Gasteiger partial charge in [0.05, 0.1) is 19.1 Å². The van der Waals surface area contributed by atoms with Crippen molar-refractivity contribution in [1.82, 2.24) is 10.2 Å². The number of rotatable bonds is 5. The number of hydrogen-bond acceptors (Lipinski definition) is 3. The predicted molar refractivity (Wildman–Crippen MR) is 108 cm³/mol. The van der Waals surface area contributed by atoms with Crippen LogP contribution in [0.3, 0.4) is 0 Å². The molecule has 0 radical (unpaired) electrons. The minimum Gasteiger partial charge on any atom is -0.497 e. The van der Waals surface area contributed by atoms with Gasteiger partial charge in [-0.05, 0) is 68.1 Å². The number of benzene rings is 1. The molecule has 1 aromatic rings. The first-order chi connectivity index (χ1) is 13.5. The topological polar surface area (TPSA) is 58.6 Å². The Kier molecular flexibility index (Phi) is 5.35. The molecule has 0 aromatic heterocycles. The van der Waals surface area contributed by atoms with Gasteiger partial charge in [0.15, 0.2) is 0 Å². The van der Waals surface area contributed by atoms with Gasteiger partial charge in [-0.2, -0.15) is 0 Å². The minimum absolute atomic E-state index is 0.0930. The van der Waals surface area contributed by atoms with Crippen molar-refractivity contribution < 1.29 is 14.3 Å². The number of nitrogens with zero attached hydrogens (tertiary/aromatic N) is 1. The summed E-state index contributed by atoms with van der Waals surface area (Å²) in [7, 11) is 3.45. The average molecular weight is 385 g/mol. The number of ether oxygens (including phenoxy) is 1. The van der Waals surface area contributed by atoms with E-state index in [-0.39, 0.29) is 29.8 Å². The molecular formula is C23H32N2O3. The van der Waals surface area contributed by atoms with Crippen LogP contribution in [0.25, 0.3) is 0 Å². The first-order valence-corrected chi connectivity index (χ1v) is 10.7. The van der Waals surface area contributed by atoms with Gasteiger partial charge in [0, 0.05) is 19.5 Å². The number of methoxy groups -OCH3 is 1. The van der Waals surface area contributed by atoms with E-state index in [1.807, 2.05) is 31.3 Å². The fraction of sp³-hybridized carbons (Fsp3) is 0.652. The number of carbonyl (C=O) groups excluding carboxylic acids is 2. The number of nitrogens with one attached hydrogen (secondary N) is 1. The van der Waals surface area contributed by atoms with Gasteiger partial charge in [-0.25, -0.2) is 0 Å². The SMILES string of the molecule is COc1ccc(C2C(C(=O)NC(C)C3CC4CCC3C4)CCC(=O)N2C)cc1. The molecular weight excluding hydrogens is 352 g/mol.